The number of amides is 2. The van der Waals surface area contributed by atoms with Crippen LogP contribution in [0.1, 0.15) is 18.4 Å². The van der Waals surface area contributed by atoms with Gasteiger partial charge in [-0.1, -0.05) is 12.1 Å². The number of carbonyl (C=O) groups is 2. The van der Waals surface area contributed by atoms with Crippen LogP contribution < -0.4 is 11.1 Å². The molecule has 0 bridgehead atoms. The molecule has 1 heterocycles. The van der Waals surface area contributed by atoms with Gasteiger partial charge < -0.3 is 16.0 Å². The number of rotatable bonds is 6. The number of nitro groups is 1. The second-order valence-corrected chi connectivity index (χ2v) is 5.86. The van der Waals surface area contributed by atoms with E-state index in [9.17, 15) is 19.7 Å². The smallest absolute Gasteiger partial charge is 0.269 e. The lowest BCUT2D eigenvalue weighted by molar-refractivity contribution is -0.384. The molecule has 8 nitrogen and oxygen atoms in total. The number of hydrogen-bond donors (Lipinski definition) is 2. The molecule has 0 spiro atoms. The van der Waals surface area contributed by atoms with Crippen LogP contribution in [0, 0.1) is 16.0 Å². The first kappa shape index (κ1) is 17.9. The predicted molar refractivity (Wildman–Crippen MR) is 88.2 cm³/mol. The third-order valence-corrected chi connectivity index (χ3v) is 4.09. The molecule has 3 N–H and O–H groups in total. The molecule has 1 aromatic carbocycles. The van der Waals surface area contributed by atoms with Gasteiger partial charge in [0, 0.05) is 38.3 Å². The molecule has 1 saturated heterocycles. The van der Waals surface area contributed by atoms with Crippen LogP contribution in [0.3, 0.4) is 0 Å². The topological polar surface area (TPSA) is 119 Å². The lowest BCUT2D eigenvalue weighted by atomic mass is 9.96. The lowest BCUT2D eigenvalue weighted by Gasteiger charge is -2.32. The Morgan fingerprint density at radius 1 is 1.33 bits per heavy atom. The third kappa shape index (κ3) is 4.76. The fourth-order valence-electron chi connectivity index (χ4n) is 2.78. The maximum Gasteiger partial charge on any atom is 0.269 e. The largest absolute Gasteiger partial charge is 0.355 e. The molecule has 1 aliphatic rings. The Morgan fingerprint density at radius 2 is 2.04 bits per heavy atom. The van der Waals surface area contributed by atoms with E-state index in [4.69, 9.17) is 5.73 Å². The van der Waals surface area contributed by atoms with Crippen LogP contribution in [-0.4, -0.2) is 47.8 Å². The molecule has 1 atom stereocenters. The van der Waals surface area contributed by atoms with Crippen molar-refractivity contribution < 1.29 is 14.5 Å². The first-order valence-electron chi connectivity index (χ1n) is 8.00. The summed E-state index contributed by atoms with van der Waals surface area (Å²) in [6.07, 6.45) is 1.72. The van der Waals surface area contributed by atoms with Gasteiger partial charge in [-0.15, -0.1) is 0 Å². The number of nitro benzene ring substituents is 1. The van der Waals surface area contributed by atoms with Crippen molar-refractivity contribution in [2.75, 3.05) is 26.2 Å². The molecule has 1 aromatic rings. The summed E-state index contributed by atoms with van der Waals surface area (Å²) in [4.78, 5) is 36.3. The van der Waals surface area contributed by atoms with Gasteiger partial charge in [0.25, 0.3) is 5.69 Å². The maximum absolute atomic E-state index is 12.4. The molecule has 0 saturated carbocycles. The quantitative estimate of drug-likeness (QED) is 0.578. The zero-order chi connectivity index (χ0) is 17.5. The van der Waals surface area contributed by atoms with Gasteiger partial charge in [0.05, 0.1) is 17.3 Å². The zero-order valence-corrected chi connectivity index (χ0v) is 13.4. The predicted octanol–water partition coefficient (Wildman–Crippen LogP) is 0.451. The van der Waals surface area contributed by atoms with Gasteiger partial charge in [-0.2, -0.15) is 0 Å². The van der Waals surface area contributed by atoms with E-state index < -0.39 is 4.92 Å². The van der Waals surface area contributed by atoms with Gasteiger partial charge in [-0.3, -0.25) is 19.7 Å². The Balaban J connectivity index is 1.91. The summed E-state index contributed by atoms with van der Waals surface area (Å²) in [5.41, 5.74) is 6.10. The summed E-state index contributed by atoms with van der Waals surface area (Å²) >= 11 is 0. The molecule has 1 fully saturated rings. The van der Waals surface area contributed by atoms with Crippen molar-refractivity contribution in [2.45, 2.75) is 19.3 Å². The van der Waals surface area contributed by atoms with Crippen LogP contribution in [-0.2, 0) is 16.0 Å². The van der Waals surface area contributed by atoms with Crippen LogP contribution in [0.5, 0.6) is 0 Å². The van der Waals surface area contributed by atoms with Gasteiger partial charge in [0.15, 0.2) is 0 Å². The molecule has 0 radical (unpaired) electrons. The van der Waals surface area contributed by atoms with Gasteiger partial charge in [0.1, 0.15) is 0 Å². The molecule has 24 heavy (non-hydrogen) atoms. The Bertz CT molecular complexity index is 603. The number of nitrogens with two attached hydrogens (primary N) is 1. The van der Waals surface area contributed by atoms with Crippen molar-refractivity contribution in [2.24, 2.45) is 11.7 Å². The fourth-order valence-corrected chi connectivity index (χ4v) is 2.78. The molecule has 0 aromatic heterocycles. The Hall–Kier alpha value is -2.48. The summed E-state index contributed by atoms with van der Waals surface area (Å²) in [5.74, 6) is -0.334. The van der Waals surface area contributed by atoms with E-state index in [1.165, 1.54) is 12.1 Å². The lowest BCUT2D eigenvalue weighted by Crippen LogP contribution is -2.46. The van der Waals surface area contributed by atoms with E-state index in [1.807, 2.05) is 0 Å². The van der Waals surface area contributed by atoms with Gasteiger partial charge in [-0.25, -0.2) is 0 Å². The number of piperidine rings is 1. The molecule has 2 amide bonds. The van der Waals surface area contributed by atoms with Gasteiger partial charge in [0.2, 0.25) is 11.8 Å². The molecule has 130 valence electrons. The van der Waals surface area contributed by atoms with E-state index in [2.05, 4.69) is 5.32 Å². The van der Waals surface area contributed by atoms with Crippen LogP contribution >= 0.6 is 0 Å². The van der Waals surface area contributed by atoms with Gasteiger partial charge in [-0.05, 0) is 18.4 Å². The van der Waals surface area contributed by atoms with E-state index in [0.717, 1.165) is 18.4 Å². The molecular weight excluding hydrogens is 312 g/mol. The highest BCUT2D eigenvalue weighted by molar-refractivity contribution is 5.82. The van der Waals surface area contributed by atoms with Crippen LogP contribution in [0.4, 0.5) is 5.69 Å². The highest BCUT2D eigenvalue weighted by atomic mass is 16.6. The Kier molecular flexibility index (Phi) is 6.25. The third-order valence-electron chi connectivity index (χ3n) is 4.09. The summed E-state index contributed by atoms with van der Waals surface area (Å²) in [5, 5.41) is 13.4. The average Bonchev–Trinajstić information content (AvgIpc) is 2.60. The second kappa shape index (κ2) is 8.39. The van der Waals surface area contributed by atoms with E-state index in [0.29, 0.717) is 26.2 Å². The van der Waals surface area contributed by atoms with Crippen molar-refractivity contribution in [3.05, 3.63) is 39.9 Å². The van der Waals surface area contributed by atoms with Crippen molar-refractivity contribution in [3.8, 4) is 0 Å². The summed E-state index contributed by atoms with van der Waals surface area (Å²) in [7, 11) is 0. The second-order valence-electron chi connectivity index (χ2n) is 5.86. The Morgan fingerprint density at radius 3 is 2.67 bits per heavy atom. The first-order valence-corrected chi connectivity index (χ1v) is 8.00. The highest BCUT2D eigenvalue weighted by Gasteiger charge is 2.28. The summed E-state index contributed by atoms with van der Waals surface area (Å²) in [6, 6.07) is 5.96. The average molecular weight is 334 g/mol. The van der Waals surface area contributed by atoms with Crippen LogP contribution in [0.25, 0.3) is 0 Å². The maximum atomic E-state index is 12.4. The van der Waals surface area contributed by atoms with E-state index >= 15 is 0 Å². The molecule has 2 rings (SSSR count). The van der Waals surface area contributed by atoms with E-state index in [-0.39, 0.29) is 29.8 Å². The number of nitrogens with zero attached hydrogens (tertiary/aromatic N) is 2. The van der Waals surface area contributed by atoms with Gasteiger partial charge >= 0.3 is 0 Å². The number of non-ortho nitro benzene ring substituents is 1. The fraction of sp³-hybridized carbons (Fsp3) is 0.500. The normalized spacial score (nSPS) is 17.4. The minimum Gasteiger partial charge on any atom is -0.355 e. The summed E-state index contributed by atoms with van der Waals surface area (Å²) in [6.45, 7) is 1.86. The number of benzene rings is 1. The Labute approximate surface area is 140 Å². The van der Waals surface area contributed by atoms with E-state index in [1.54, 1.807) is 17.0 Å². The van der Waals surface area contributed by atoms with Crippen LogP contribution in [0.15, 0.2) is 24.3 Å². The highest BCUT2D eigenvalue weighted by Crippen LogP contribution is 2.18. The number of nitrogens with one attached hydrogen (secondary N) is 1. The first-order chi connectivity index (χ1) is 11.5. The molecule has 8 heteroatoms. The zero-order valence-electron chi connectivity index (χ0n) is 13.4. The van der Waals surface area contributed by atoms with Crippen LogP contribution in [0.2, 0.25) is 0 Å². The molecule has 1 unspecified atom stereocenters. The monoisotopic (exact) mass is 334 g/mol. The minimum atomic E-state index is -0.471. The molecule has 1 aliphatic heterocycles. The number of hydrogen-bond acceptors (Lipinski definition) is 5. The SMILES string of the molecule is NCCNC(=O)C1CCCN(C(=O)Cc2ccc([N+](=O)[O-])cc2)C1. The van der Waals surface area contributed by atoms with Crippen molar-refractivity contribution >= 4 is 17.5 Å². The summed E-state index contributed by atoms with van der Waals surface area (Å²) < 4.78 is 0. The van der Waals surface area contributed by atoms with Crippen molar-refractivity contribution in [1.29, 1.82) is 0 Å². The van der Waals surface area contributed by atoms with Crippen molar-refractivity contribution in [3.63, 3.8) is 0 Å². The standard InChI is InChI=1S/C16H22N4O4/c17-7-8-18-16(22)13-2-1-9-19(11-13)15(21)10-12-3-5-14(6-4-12)20(23)24/h3-6,13H,1-2,7-11,17H2,(H,18,22). The molecular formula is C16H22N4O4. The number of carbonyl (C=O) groups excluding carboxylic acids is 2. The van der Waals surface area contributed by atoms with Crippen molar-refractivity contribution in [1.82, 2.24) is 10.2 Å². The number of likely N-dealkylation sites (tertiary alicyclic amines) is 1. The molecule has 0 aliphatic carbocycles. The minimum absolute atomic E-state index is 0.000750.